The second-order valence-corrected chi connectivity index (χ2v) is 9.19. The Morgan fingerprint density at radius 2 is 1.94 bits per heavy atom. The number of sulfonamides is 1. The van der Waals surface area contributed by atoms with E-state index in [4.69, 9.17) is 9.47 Å². The van der Waals surface area contributed by atoms with Gasteiger partial charge in [0.15, 0.2) is 11.6 Å². The lowest BCUT2D eigenvalue weighted by atomic mass is 10.0. The van der Waals surface area contributed by atoms with Crippen molar-refractivity contribution in [2.45, 2.75) is 11.5 Å². The number of aromatic nitrogens is 1. The molecule has 8 nitrogen and oxygen atoms in total. The maximum absolute atomic E-state index is 14.8. The summed E-state index contributed by atoms with van der Waals surface area (Å²) in [7, 11) is -3.38. The van der Waals surface area contributed by atoms with Gasteiger partial charge in [0.2, 0.25) is 5.95 Å². The molecule has 0 amide bonds. The van der Waals surface area contributed by atoms with E-state index in [9.17, 15) is 27.1 Å². The topological polar surface area (TPSA) is 115 Å². The van der Waals surface area contributed by atoms with Gasteiger partial charge in [0.1, 0.15) is 17.3 Å². The second-order valence-electron chi connectivity index (χ2n) is 6.69. The standard InChI is InChI=1S/C20H13BrF2N2O6S/c1-30-19-14(22)3-9-4-15(19)25-32(28,29)16-5-10(2-13(21)18(16)26)20(27)31-8-11-6-17(23)24-7-12(9)11/h2-7,25-26H,8H2,1H3. The molecule has 12 heteroatoms. The van der Waals surface area contributed by atoms with Crippen molar-refractivity contribution in [2.75, 3.05) is 11.8 Å². The van der Waals surface area contributed by atoms with E-state index in [1.54, 1.807) is 0 Å². The Bertz CT molecular complexity index is 1380. The normalized spacial score (nSPS) is 14.7. The highest BCUT2D eigenvalue weighted by Crippen LogP contribution is 2.39. The van der Waals surface area contributed by atoms with Crippen molar-refractivity contribution in [1.29, 1.82) is 0 Å². The van der Waals surface area contributed by atoms with Crippen LogP contribution in [0.2, 0.25) is 0 Å². The molecular formula is C20H13BrF2N2O6S. The first-order chi connectivity index (χ1) is 15.1. The average Bonchev–Trinajstić information content (AvgIpc) is 2.73. The highest BCUT2D eigenvalue weighted by atomic mass is 79.9. The lowest BCUT2D eigenvalue weighted by Crippen LogP contribution is -2.15. The van der Waals surface area contributed by atoms with E-state index in [0.717, 1.165) is 31.5 Å². The number of hydrogen-bond acceptors (Lipinski definition) is 7. The van der Waals surface area contributed by atoms with Crippen LogP contribution < -0.4 is 9.46 Å². The summed E-state index contributed by atoms with van der Waals surface area (Å²) in [4.78, 5) is 15.5. The molecule has 166 valence electrons. The van der Waals surface area contributed by atoms with E-state index < -0.39 is 50.8 Å². The molecule has 2 heterocycles. The predicted molar refractivity (Wildman–Crippen MR) is 112 cm³/mol. The Labute approximate surface area is 189 Å². The van der Waals surface area contributed by atoms with Crippen LogP contribution in [-0.4, -0.2) is 31.6 Å². The van der Waals surface area contributed by atoms with E-state index >= 15 is 0 Å². The van der Waals surface area contributed by atoms with Crippen LogP contribution in [-0.2, 0) is 21.4 Å². The van der Waals surface area contributed by atoms with Gasteiger partial charge in [-0.15, -0.1) is 0 Å². The average molecular weight is 527 g/mol. The molecule has 0 aliphatic carbocycles. The number of carbonyl (C=O) groups is 1. The minimum Gasteiger partial charge on any atom is -0.505 e. The molecular weight excluding hydrogens is 514 g/mol. The quantitative estimate of drug-likeness (QED) is 0.364. The molecule has 0 spiro atoms. The number of cyclic esters (lactones) is 1. The van der Waals surface area contributed by atoms with Gasteiger partial charge in [0.25, 0.3) is 10.0 Å². The molecule has 4 rings (SSSR count). The number of ether oxygens (including phenoxy) is 2. The smallest absolute Gasteiger partial charge is 0.338 e. The fourth-order valence-corrected chi connectivity index (χ4v) is 4.99. The van der Waals surface area contributed by atoms with Crippen LogP contribution in [0.3, 0.4) is 0 Å². The van der Waals surface area contributed by atoms with E-state index in [1.807, 2.05) is 0 Å². The molecule has 1 aromatic heterocycles. The number of methoxy groups -OCH3 is 1. The van der Waals surface area contributed by atoms with Gasteiger partial charge in [-0.1, -0.05) is 0 Å². The molecule has 2 N–H and O–H groups in total. The summed E-state index contributed by atoms with van der Waals surface area (Å²) in [5, 5.41) is 10.3. The minimum atomic E-state index is -4.53. The molecule has 0 radical (unpaired) electrons. The molecule has 32 heavy (non-hydrogen) atoms. The molecule has 1 aliphatic rings. The molecule has 1 aliphatic heterocycles. The number of pyridine rings is 1. The SMILES string of the molecule is COc1c(F)cc2cc1NS(=O)(=O)c1cc(cc(Br)c1O)C(=O)OCc1cc(F)ncc1-2. The summed E-state index contributed by atoms with van der Waals surface area (Å²) in [5.74, 6) is -3.78. The van der Waals surface area contributed by atoms with E-state index in [0.29, 0.717) is 0 Å². The largest absolute Gasteiger partial charge is 0.505 e. The summed E-state index contributed by atoms with van der Waals surface area (Å²) in [6.45, 7) is -0.412. The third-order valence-electron chi connectivity index (χ3n) is 4.67. The lowest BCUT2D eigenvalue weighted by molar-refractivity contribution is 0.0472. The van der Waals surface area contributed by atoms with Crippen molar-refractivity contribution in [3.63, 3.8) is 0 Å². The van der Waals surface area contributed by atoms with Crippen LogP contribution in [0.1, 0.15) is 15.9 Å². The van der Waals surface area contributed by atoms with Crippen LogP contribution in [0.5, 0.6) is 11.5 Å². The first-order valence-corrected chi connectivity index (χ1v) is 11.1. The van der Waals surface area contributed by atoms with Crippen LogP contribution in [0.25, 0.3) is 11.1 Å². The number of aromatic hydroxyl groups is 1. The van der Waals surface area contributed by atoms with Gasteiger partial charge in [-0.3, -0.25) is 4.72 Å². The van der Waals surface area contributed by atoms with Gasteiger partial charge in [0.05, 0.1) is 22.8 Å². The van der Waals surface area contributed by atoms with Crippen molar-refractivity contribution >= 4 is 37.6 Å². The lowest BCUT2D eigenvalue weighted by Gasteiger charge is -2.16. The Kier molecular flexibility index (Phi) is 5.51. The number of nitrogens with zero attached hydrogens (tertiary/aromatic N) is 1. The Morgan fingerprint density at radius 1 is 1.19 bits per heavy atom. The van der Waals surface area contributed by atoms with Crippen molar-refractivity contribution in [1.82, 2.24) is 4.98 Å². The molecule has 0 unspecified atom stereocenters. The van der Waals surface area contributed by atoms with E-state index in [2.05, 4.69) is 25.6 Å². The Morgan fingerprint density at radius 3 is 2.66 bits per heavy atom. The number of anilines is 1. The van der Waals surface area contributed by atoms with E-state index in [1.165, 1.54) is 12.1 Å². The first kappa shape index (κ1) is 22.0. The number of benzene rings is 2. The highest BCUT2D eigenvalue weighted by Gasteiger charge is 2.27. The fraction of sp³-hybridized carbons (Fsp3) is 0.100. The summed E-state index contributed by atoms with van der Waals surface area (Å²) in [6, 6.07) is 5.40. The molecule has 2 aromatic carbocycles. The third kappa shape index (κ3) is 3.86. The molecule has 0 saturated heterocycles. The number of phenolic OH excluding ortho intramolecular Hbond substituents is 1. The molecule has 0 fully saturated rings. The maximum atomic E-state index is 14.8. The van der Waals surface area contributed by atoms with Gasteiger partial charge in [-0.2, -0.15) is 4.39 Å². The molecule has 3 aromatic rings. The maximum Gasteiger partial charge on any atom is 0.338 e. The Balaban J connectivity index is 2.04. The molecule has 0 atom stereocenters. The van der Waals surface area contributed by atoms with E-state index in [-0.39, 0.29) is 32.4 Å². The monoisotopic (exact) mass is 526 g/mol. The van der Waals surface area contributed by atoms with Gasteiger partial charge in [-0.05, 0) is 45.8 Å². The van der Waals surface area contributed by atoms with Gasteiger partial charge in [0, 0.05) is 23.4 Å². The zero-order valence-corrected chi connectivity index (χ0v) is 18.6. The molecule has 4 bridgehead atoms. The summed E-state index contributed by atoms with van der Waals surface area (Å²) >= 11 is 3.00. The number of carbonyl (C=O) groups excluding carboxylic acids is 1. The van der Waals surface area contributed by atoms with Crippen molar-refractivity contribution in [2.24, 2.45) is 0 Å². The Hall–Kier alpha value is -3.25. The van der Waals surface area contributed by atoms with Gasteiger partial charge in [-0.25, -0.2) is 22.6 Å². The van der Waals surface area contributed by atoms with Crippen molar-refractivity contribution < 1.29 is 36.6 Å². The second kappa shape index (κ2) is 8.02. The van der Waals surface area contributed by atoms with Gasteiger partial charge < -0.3 is 14.6 Å². The minimum absolute atomic E-state index is 0.0928. The number of nitrogens with one attached hydrogen (secondary N) is 1. The van der Waals surface area contributed by atoms with Crippen LogP contribution in [0, 0.1) is 11.8 Å². The zero-order chi connectivity index (χ0) is 23.2. The summed E-state index contributed by atoms with van der Waals surface area (Å²) < 4.78 is 67.0. The van der Waals surface area contributed by atoms with Gasteiger partial charge >= 0.3 is 5.97 Å². The number of rotatable bonds is 1. The summed E-state index contributed by atoms with van der Waals surface area (Å²) in [6.07, 6.45) is 1.11. The van der Waals surface area contributed by atoms with Crippen LogP contribution in [0.4, 0.5) is 14.5 Å². The predicted octanol–water partition coefficient (Wildman–Crippen LogP) is 3.97. The number of phenols is 1. The fourth-order valence-electron chi connectivity index (χ4n) is 3.20. The van der Waals surface area contributed by atoms with Crippen LogP contribution in [0.15, 0.2) is 45.9 Å². The van der Waals surface area contributed by atoms with Crippen molar-refractivity contribution in [3.8, 4) is 22.6 Å². The van der Waals surface area contributed by atoms with Crippen molar-refractivity contribution in [3.05, 3.63) is 63.9 Å². The number of halogens is 3. The summed E-state index contributed by atoms with van der Waals surface area (Å²) in [5.41, 5.74) is 0.00838. The zero-order valence-electron chi connectivity index (χ0n) is 16.1. The number of hydrogen-bond donors (Lipinski definition) is 2. The van der Waals surface area contributed by atoms with Crippen LogP contribution >= 0.6 is 15.9 Å². The third-order valence-corrected chi connectivity index (χ3v) is 6.66. The first-order valence-electron chi connectivity index (χ1n) is 8.85. The number of esters is 1. The highest BCUT2D eigenvalue weighted by molar-refractivity contribution is 9.10. The number of fused-ring (bicyclic) bond motifs is 6. The molecule has 0 saturated carbocycles.